The molecule has 84 valence electrons. The van der Waals surface area contributed by atoms with Crippen LogP contribution >= 0.6 is 0 Å². The van der Waals surface area contributed by atoms with E-state index in [1.54, 1.807) is 0 Å². The van der Waals surface area contributed by atoms with E-state index in [0.717, 1.165) is 0 Å². The van der Waals surface area contributed by atoms with Gasteiger partial charge in [0.1, 0.15) is 18.3 Å². The van der Waals surface area contributed by atoms with E-state index in [1.165, 1.54) is 7.11 Å². The molecule has 1 rings (SSSR count). The van der Waals surface area contributed by atoms with Gasteiger partial charge in [-0.1, -0.05) is 13.8 Å². The number of methoxy groups -OCH3 is 1. The summed E-state index contributed by atoms with van der Waals surface area (Å²) in [5.41, 5.74) is 0. The molecule has 5 atom stereocenters. The Balaban J connectivity index is 2.72. The fraction of sp³-hybridized carbons (Fsp3) is 1.00. The fourth-order valence-corrected chi connectivity index (χ4v) is 1.68. The van der Waals surface area contributed by atoms with E-state index < -0.39 is 30.7 Å². The molecular weight excluding hydrogens is 188 g/mol. The fourth-order valence-electron chi connectivity index (χ4n) is 1.68. The minimum absolute atomic E-state index is 0.0205. The summed E-state index contributed by atoms with van der Waals surface area (Å²) in [7, 11) is 1.35. The van der Waals surface area contributed by atoms with Crippen molar-refractivity contribution in [3.63, 3.8) is 0 Å². The second-order valence-corrected chi connectivity index (χ2v) is 3.92. The van der Waals surface area contributed by atoms with Gasteiger partial charge in [-0.2, -0.15) is 0 Å². The van der Waals surface area contributed by atoms with Gasteiger partial charge in [-0.3, -0.25) is 0 Å². The smallest absolute Gasteiger partial charge is 0.184 e. The van der Waals surface area contributed by atoms with E-state index in [4.69, 9.17) is 9.47 Å². The molecule has 1 aliphatic heterocycles. The summed E-state index contributed by atoms with van der Waals surface area (Å²) in [5.74, 6) is 0.0205. The maximum Gasteiger partial charge on any atom is 0.184 e. The van der Waals surface area contributed by atoms with Gasteiger partial charge in [-0.25, -0.2) is 0 Å². The SMILES string of the molecule is COC1C(O)OC(C(C)C)C(O)C1O. The Morgan fingerprint density at radius 1 is 1.14 bits per heavy atom. The Morgan fingerprint density at radius 2 is 1.71 bits per heavy atom. The van der Waals surface area contributed by atoms with Gasteiger partial charge >= 0.3 is 0 Å². The lowest BCUT2D eigenvalue weighted by Gasteiger charge is -2.41. The zero-order chi connectivity index (χ0) is 10.9. The zero-order valence-electron chi connectivity index (χ0n) is 8.62. The molecule has 0 spiro atoms. The summed E-state index contributed by atoms with van der Waals surface area (Å²) in [6.45, 7) is 3.70. The Hall–Kier alpha value is -0.200. The van der Waals surface area contributed by atoms with Crippen molar-refractivity contribution in [2.75, 3.05) is 7.11 Å². The van der Waals surface area contributed by atoms with Crippen LogP contribution in [0.4, 0.5) is 0 Å². The molecule has 1 aliphatic rings. The highest BCUT2D eigenvalue weighted by molar-refractivity contribution is 4.90. The van der Waals surface area contributed by atoms with Crippen molar-refractivity contribution in [2.45, 2.75) is 44.6 Å². The molecule has 0 aromatic carbocycles. The van der Waals surface area contributed by atoms with Gasteiger partial charge in [0, 0.05) is 7.11 Å². The maximum atomic E-state index is 9.66. The Bertz CT molecular complexity index is 182. The molecule has 0 aromatic heterocycles. The first-order valence-electron chi connectivity index (χ1n) is 4.71. The molecule has 14 heavy (non-hydrogen) atoms. The Morgan fingerprint density at radius 3 is 2.14 bits per heavy atom. The first-order valence-corrected chi connectivity index (χ1v) is 4.71. The summed E-state index contributed by atoms with van der Waals surface area (Å²) < 4.78 is 9.98. The summed E-state index contributed by atoms with van der Waals surface area (Å²) in [6, 6.07) is 0. The second kappa shape index (κ2) is 4.55. The van der Waals surface area contributed by atoms with E-state index in [1.807, 2.05) is 13.8 Å². The standard InChI is InChI=1S/C9H18O5/c1-4(2)7-5(10)6(11)8(13-3)9(12)14-7/h4-12H,1-3H3. The first-order chi connectivity index (χ1) is 6.49. The lowest BCUT2D eigenvalue weighted by molar-refractivity contribution is -0.294. The summed E-state index contributed by atoms with van der Waals surface area (Å²) in [4.78, 5) is 0. The van der Waals surface area contributed by atoms with Crippen LogP contribution in [0.1, 0.15) is 13.8 Å². The summed E-state index contributed by atoms with van der Waals surface area (Å²) >= 11 is 0. The van der Waals surface area contributed by atoms with Crippen LogP contribution in [0.25, 0.3) is 0 Å². The molecule has 5 nitrogen and oxygen atoms in total. The first kappa shape index (κ1) is 11.9. The quantitative estimate of drug-likeness (QED) is 0.545. The largest absolute Gasteiger partial charge is 0.388 e. The molecule has 1 fully saturated rings. The molecule has 3 N–H and O–H groups in total. The minimum atomic E-state index is -1.19. The van der Waals surface area contributed by atoms with Crippen molar-refractivity contribution in [3.05, 3.63) is 0 Å². The monoisotopic (exact) mass is 206 g/mol. The molecule has 0 bridgehead atoms. The number of hydrogen-bond acceptors (Lipinski definition) is 5. The van der Waals surface area contributed by atoms with Crippen LogP contribution in [0, 0.1) is 5.92 Å². The molecule has 0 aliphatic carbocycles. The molecular formula is C9H18O5. The highest BCUT2D eigenvalue weighted by atomic mass is 16.7. The van der Waals surface area contributed by atoms with E-state index in [0.29, 0.717) is 0 Å². The van der Waals surface area contributed by atoms with Crippen molar-refractivity contribution >= 4 is 0 Å². The molecule has 1 heterocycles. The van der Waals surface area contributed by atoms with E-state index >= 15 is 0 Å². The van der Waals surface area contributed by atoms with Crippen molar-refractivity contribution in [2.24, 2.45) is 5.92 Å². The van der Waals surface area contributed by atoms with Gasteiger partial charge in [0.25, 0.3) is 0 Å². The molecule has 5 heteroatoms. The molecule has 0 amide bonds. The minimum Gasteiger partial charge on any atom is -0.388 e. The average molecular weight is 206 g/mol. The van der Waals surface area contributed by atoms with Gasteiger partial charge in [0.15, 0.2) is 6.29 Å². The van der Waals surface area contributed by atoms with E-state index in [9.17, 15) is 15.3 Å². The Kier molecular flexibility index (Phi) is 3.86. The van der Waals surface area contributed by atoms with Gasteiger partial charge < -0.3 is 24.8 Å². The molecule has 5 unspecified atom stereocenters. The van der Waals surface area contributed by atoms with Crippen molar-refractivity contribution in [3.8, 4) is 0 Å². The highest BCUT2D eigenvalue weighted by Crippen LogP contribution is 2.25. The van der Waals surface area contributed by atoms with Gasteiger partial charge in [0.2, 0.25) is 0 Å². The van der Waals surface area contributed by atoms with E-state index in [-0.39, 0.29) is 5.92 Å². The van der Waals surface area contributed by atoms with Crippen LogP contribution in [-0.4, -0.2) is 53.1 Å². The van der Waals surface area contributed by atoms with E-state index in [2.05, 4.69) is 0 Å². The third-order valence-corrected chi connectivity index (χ3v) is 2.53. The normalized spacial score (nSPS) is 44.4. The highest BCUT2D eigenvalue weighted by Gasteiger charge is 2.44. The third kappa shape index (κ3) is 2.07. The zero-order valence-corrected chi connectivity index (χ0v) is 8.62. The van der Waals surface area contributed by atoms with Crippen molar-refractivity contribution in [1.29, 1.82) is 0 Å². The lowest BCUT2D eigenvalue weighted by Crippen LogP contribution is -2.59. The molecule has 0 saturated carbocycles. The summed E-state index contributed by atoms with van der Waals surface area (Å²) in [5, 5.41) is 28.7. The second-order valence-electron chi connectivity index (χ2n) is 3.92. The van der Waals surface area contributed by atoms with Crippen molar-refractivity contribution in [1.82, 2.24) is 0 Å². The maximum absolute atomic E-state index is 9.66. The van der Waals surface area contributed by atoms with Crippen LogP contribution in [0.3, 0.4) is 0 Å². The van der Waals surface area contributed by atoms with Gasteiger partial charge in [-0.05, 0) is 5.92 Å². The van der Waals surface area contributed by atoms with Gasteiger partial charge in [0.05, 0.1) is 6.10 Å². The molecule has 1 saturated heterocycles. The van der Waals surface area contributed by atoms with Crippen LogP contribution in [0.5, 0.6) is 0 Å². The molecule has 0 aromatic rings. The number of rotatable bonds is 2. The predicted molar refractivity (Wildman–Crippen MR) is 48.5 cm³/mol. The third-order valence-electron chi connectivity index (χ3n) is 2.53. The summed E-state index contributed by atoms with van der Waals surface area (Å²) in [6.07, 6.45) is -4.78. The van der Waals surface area contributed by atoms with Gasteiger partial charge in [-0.15, -0.1) is 0 Å². The predicted octanol–water partition coefficient (Wildman–Crippen LogP) is -0.904. The average Bonchev–Trinajstić information content (AvgIpc) is 2.12. The van der Waals surface area contributed by atoms with Crippen LogP contribution in [-0.2, 0) is 9.47 Å². The number of hydrogen-bond donors (Lipinski definition) is 3. The topological polar surface area (TPSA) is 79.2 Å². The number of aliphatic hydroxyl groups excluding tert-OH is 3. The number of ether oxygens (including phenoxy) is 2. The van der Waals surface area contributed by atoms with Crippen LogP contribution in [0.2, 0.25) is 0 Å². The van der Waals surface area contributed by atoms with Crippen molar-refractivity contribution < 1.29 is 24.8 Å². The lowest BCUT2D eigenvalue weighted by atomic mass is 9.92. The number of aliphatic hydroxyl groups is 3. The van der Waals surface area contributed by atoms with Crippen LogP contribution < -0.4 is 0 Å². The molecule has 0 radical (unpaired) electrons. The Labute approximate surface area is 83.3 Å². The van der Waals surface area contributed by atoms with Crippen LogP contribution in [0.15, 0.2) is 0 Å².